The molecule has 1 atom stereocenters. The number of anilines is 1. The molecule has 2 rings (SSSR count). The van der Waals surface area contributed by atoms with Crippen molar-refractivity contribution in [3.05, 3.63) is 22.7 Å². The Hall–Kier alpha value is -0.460. The Bertz CT molecular complexity index is 555. The van der Waals surface area contributed by atoms with Crippen molar-refractivity contribution in [2.45, 2.75) is 18.2 Å². The quantitative estimate of drug-likeness (QED) is 0.815. The number of nitrogens with one attached hydrogen (secondary N) is 1. The molecule has 0 fully saturated rings. The summed E-state index contributed by atoms with van der Waals surface area (Å²) in [5, 5.41) is 3.45. The smallest absolute Gasteiger partial charge is 0.239 e. The van der Waals surface area contributed by atoms with E-state index in [1.807, 2.05) is 25.1 Å². The van der Waals surface area contributed by atoms with Gasteiger partial charge in [0.2, 0.25) is 5.91 Å². The number of fused-ring (bicyclic) bond motifs is 1. The number of benzene rings is 1. The van der Waals surface area contributed by atoms with Crippen LogP contribution >= 0.6 is 43.2 Å². The summed E-state index contributed by atoms with van der Waals surface area (Å²) in [7, 11) is 0. The van der Waals surface area contributed by atoms with Crippen LogP contribution in [-0.4, -0.2) is 15.7 Å². The number of nitrogens with zero attached hydrogens (tertiary/aromatic N) is 1. The number of carbonyl (C=O) groups excluding carboxylic acids is 1. The number of amides is 1. The Kier molecular flexibility index (Phi) is 4.17. The van der Waals surface area contributed by atoms with Crippen molar-refractivity contribution in [3.8, 4) is 0 Å². The van der Waals surface area contributed by atoms with Gasteiger partial charge in [0.05, 0.1) is 15.0 Å². The first-order valence-corrected chi connectivity index (χ1v) is 7.63. The van der Waals surface area contributed by atoms with Gasteiger partial charge in [-0.05, 0) is 24.6 Å². The highest BCUT2D eigenvalue weighted by atomic mass is 79.9. The van der Waals surface area contributed by atoms with E-state index in [4.69, 9.17) is 0 Å². The highest BCUT2D eigenvalue weighted by molar-refractivity contribution is 9.10. The van der Waals surface area contributed by atoms with Crippen molar-refractivity contribution in [2.24, 2.45) is 0 Å². The number of rotatable bonds is 3. The van der Waals surface area contributed by atoms with Crippen LogP contribution in [0.4, 0.5) is 5.13 Å². The SMILES string of the molecule is CC[C@@H](Br)C(=O)Nc1nc2ccc(Br)cc2s1. The molecular formula is C11H10Br2N2OS. The second-order valence-electron chi connectivity index (χ2n) is 3.50. The van der Waals surface area contributed by atoms with Gasteiger partial charge in [-0.25, -0.2) is 4.98 Å². The van der Waals surface area contributed by atoms with Crippen molar-refractivity contribution >= 4 is 64.5 Å². The summed E-state index contributed by atoms with van der Waals surface area (Å²) in [4.78, 5) is 15.9. The minimum absolute atomic E-state index is 0.0504. The molecule has 1 N–H and O–H groups in total. The van der Waals surface area contributed by atoms with Gasteiger partial charge in [-0.3, -0.25) is 4.79 Å². The van der Waals surface area contributed by atoms with Crippen LogP contribution < -0.4 is 5.32 Å². The van der Waals surface area contributed by atoms with Crippen LogP contribution in [0.15, 0.2) is 22.7 Å². The molecule has 0 aliphatic heterocycles. The van der Waals surface area contributed by atoms with E-state index < -0.39 is 0 Å². The summed E-state index contributed by atoms with van der Waals surface area (Å²) < 4.78 is 2.07. The molecule has 1 aromatic heterocycles. The third kappa shape index (κ3) is 3.05. The van der Waals surface area contributed by atoms with Gasteiger partial charge in [0, 0.05) is 4.47 Å². The number of hydrogen-bond acceptors (Lipinski definition) is 3. The molecule has 0 saturated carbocycles. The lowest BCUT2D eigenvalue weighted by Crippen LogP contribution is -2.21. The molecule has 3 nitrogen and oxygen atoms in total. The topological polar surface area (TPSA) is 42.0 Å². The predicted molar refractivity (Wildman–Crippen MR) is 79.0 cm³/mol. The molecule has 0 saturated heterocycles. The van der Waals surface area contributed by atoms with Crippen molar-refractivity contribution in [1.29, 1.82) is 0 Å². The lowest BCUT2D eigenvalue weighted by Gasteiger charge is -2.04. The summed E-state index contributed by atoms with van der Waals surface area (Å²) in [5.74, 6) is -0.0504. The first kappa shape index (κ1) is 13.0. The second kappa shape index (κ2) is 5.46. The largest absolute Gasteiger partial charge is 0.301 e. The van der Waals surface area contributed by atoms with E-state index in [1.165, 1.54) is 11.3 Å². The highest BCUT2D eigenvalue weighted by Gasteiger charge is 2.14. The molecule has 0 bridgehead atoms. The summed E-state index contributed by atoms with van der Waals surface area (Å²) in [6.45, 7) is 1.95. The zero-order chi connectivity index (χ0) is 12.4. The number of carbonyl (C=O) groups is 1. The fraction of sp³-hybridized carbons (Fsp3) is 0.273. The lowest BCUT2D eigenvalue weighted by atomic mass is 10.3. The van der Waals surface area contributed by atoms with E-state index in [0.29, 0.717) is 5.13 Å². The van der Waals surface area contributed by atoms with Gasteiger partial charge < -0.3 is 5.32 Å². The summed E-state index contributed by atoms with van der Waals surface area (Å²) in [5.41, 5.74) is 0.899. The molecule has 0 unspecified atom stereocenters. The van der Waals surface area contributed by atoms with Gasteiger partial charge >= 0.3 is 0 Å². The van der Waals surface area contributed by atoms with E-state index in [1.54, 1.807) is 0 Å². The van der Waals surface area contributed by atoms with E-state index >= 15 is 0 Å². The fourth-order valence-electron chi connectivity index (χ4n) is 1.32. The highest BCUT2D eigenvalue weighted by Crippen LogP contribution is 2.28. The van der Waals surface area contributed by atoms with Crippen molar-refractivity contribution in [1.82, 2.24) is 4.98 Å². The van der Waals surface area contributed by atoms with Crippen LogP contribution in [0.1, 0.15) is 13.3 Å². The van der Waals surface area contributed by atoms with Crippen molar-refractivity contribution in [2.75, 3.05) is 5.32 Å². The maximum atomic E-state index is 11.7. The van der Waals surface area contributed by atoms with Crippen LogP contribution in [-0.2, 0) is 4.79 Å². The molecule has 0 aliphatic carbocycles. The monoisotopic (exact) mass is 376 g/mol. The standard InChI is InChI=1S/C11H10Br2N2OS/c1-2-7(13)10(16)15-11-14-8-4-3-6(12)5-9(8)17-11/h3-5,7H,2H2,1H3,(H,14,15,16)/t7-/m1/s1. The average Bonchev–Trinajstić information content (AvgIpc) is 2.69. The van der Waals surface area contributed by atoms with Gasteiger partial charge in [-0.1, -0.05) is 50.1 Å². The van der Waals surface area contributed by atoms with Gasteiger partial charge in [-0.15, -0.1) is 0 Å². The molecule has 1 amide bonds. The van der Waals surface area contributed by atoms with Gasteiger partial charge in [0.1, 0.15) is 0 Å². The van der Waals surface area contributed by atoms with E-state index in [-0.39, 0.29) is 10.7 Å². The molecule has 17 heavy (non-hydrogen) atoms. The van der Waals surface area contributed by atoms with E-state index in [9.17, 15) is 4.79 Å². The molecular weight excluding hydrogens is 368 g/mol. The first-order valence-electron chi connectivity index (χ1n) is 5.11. The Morgan fingerprint density at radius 1 is 1.59 bits per heavy atom. The van der Waals surface area contributed by atoms with Gasteiger partial charge in [-0.2, -0.15) is 0 Å². The third-order valence-electron chi connectivity index (χ3n) is 2.22. The average molecular weight is 378 g/mol. The molecule has 1 aromatic carbocycles. The number of thiazole rings is 1. The summed E-state index contributed by atoms with van der Waals surface area (Å²) in [6, 6.07) is 5.86. The van der Waals surface area contributed by atoms with E-state index in [2.05, 4.69) is 42.2 Å². The minimum Gasteiger partial charge on any atom is -0.301 e. The summed E-state index contributed by atoms with van der Waals surface area (Å²) >= 11 is 8.20. The molecule has 1 heterocycles. The van der Waals surface area contributed by atoms with Crippen molar-refractivity contribution < 1.29 is 4.79 Å². The van der Waals surface area contributed by atoms with Crippen LogP contribution in [0.25, 0.3) is 10.2 Å². The van der Waals surface area contributed by atoms with Crippen LogP contribution in [0, 0.1) is 0 Å². The lowest BCUT2D eigenvalue weighted by molar-refractivity contribution is -0.115. The van der Waals surface area contributed by atoms with Crippen LogP contribution in [0.5, 0.6) is 0 Å². The Morgan fingerprint density at radius 3 is 3.06 bits per heavy atom. The Balaban J connectivity index is 2.22. The molecule has 90 valence electrons. The fourth-order valence-corrected chi connectivity index (χ4v) is 2.86. The number of halogens is 2. The van der Waals surface area contributed by atoms with Crippen LogP contribution in [0.2, 0.25) is 0 Å². The normalized spacial score (nSPS) is 12.6. The molecule has 0 aliphatic rings. The number of aromatic nitrogens is 1. The summed E-state index contributed by atoms with van der Waals surface area (Å²) in [6.07, 6.45) is 0.752. The zero-order valence-electron chi connectivity index (χ0n) is 9.04. The molecule has 0 radical (unpaired) electrons. The first-order chi connectivity index (χ1) is 8.10. The van der Waals surface area contributed by atoms with Gasteiger partial charge in [0.15, 0.2) is 5.13 Å². The number of hydrogen-bond donors (Lipinski definition) is 1. The predicted octanol–water partition coefficient (Wildman–Crippen LogP) is 4.17. The Morgan fingerprint density at radius 2 is 2.35 bits per heavy atom. The maximum absolute atomic E-state index is 11.7. The minimum atomic E-state index is -0.166. The molecule has 6 heteroatoms. The second-order valence-corrected chi connectivity index (χ2v) is 6.55. The van der Waals surface area contributed by atoms with Crippen molar-refractivity contribution in [3.63, 3.8) is 0 Å². The van der Waals surface area contributed by atoms with Crippen LogP contribution in [0.3, 0.4) is 0 Å². The van der Waals surface area contributed by atoms with Gasteiger partial charge in [0.25, 0.3) is 0 Å². The number of alkyl halides is 1. The Labute approximate surface area is 120 Å². The third-order valence-corrected chi connectivity index (χ3v) is 4.71. The zero-order valence-corrected chi connectivity index (χ0v) is 13.0. The molecule has 0 spiro atoms. The maximum Gasteiger partial charge on any atom is 0.239 e. The molecule has 2 aromatic rings. The van der Waals surface area contributed by atoms with E-state index in [0.717, 1.165) is 21.1 Å².